The molecule has 31 heavy (non-hydrogen) atoms. The van der Waals surface area contributed by atoms with Crippen LogP contribution in [-0.2, 0) is 27.0 Å². The zero-order chi connectivity index (χ0) is 22.4. The molecule has 0 bridgehead atoms. The minimum absolute atomic E-state index is 0.0432. The van der Waals surface area contributed by atoms with Gasteiger partial charge in [0.2, 0.25) is 15.9 Å². The molecule has 1 N–H and O–H groups in total. The number of hydrogen-bond donors (Lipinski definition) is 1. The molecule has 0 aromatic heterocycles. The Morgan fingerprint density at radius 2 is 1.61 bits per heavy atom. The molecule has 0 spiro atoms. The Kier molecular flexibility index (Phi) is 7.74. The maximum Gasteiger partial charge on any atom is 0.234 e. The van der Waals surface area contributed by atoms with Gasteiger partial charge in [0.1, 0.15) is 11.6 Å². The van der Waals surface area contributed by atoms with Crippen molar-refractivity contribution in [1.29, 1.82) is 0 Å². The molecule has 1 saturated heterocycles. The first-order valence-electron chi connectivity index (χ1n) is 10.2. The number of nitrogens with one attached hydrogen (secondary N) is 1. The van der Waals surface area contributed by atoms with Crippen molar-refractivity contribution < 1.29 is 22.0 Å². The van der Waals surface area contributed by atoms with Crippen LogP contribution in [0.25, 0.3) is 0 Å². The number of halogens is 2. The molecule has 1 unspecified atom stereocenters. The molecular formula is C22H27F2N3O3S. The van der Waals surface area contributed by atoms with E-state index in [-0.39, 0.29) is 30.2 Å². The van der Waals surface area contributed by atoms with Crippen LogP contribution in [0.3, 0.4) is 0 Å². The van der Waals surface area contributed by atoms with Crippen molar-refractivity contribution in [3.05, 3.63) is 71.3 Å². The Labute approximate surface area is 181 Å². The van der Waals surface area contributed by atoms with E-state index < -0.39 is 27.7 Å². The van der Waals surface area contributed by atoms with Gasteiger partial charge in [-0.3, -0.25) is 9.69 Å². The van der Waals surface area contributed by atoms with E-state index in [2.05, 4.69) is 5.32 Å². The molecule has 1 atom stereocenters. The van der Waals surface area contributed by atoms with Gasteiger partial charge in [0.25, 0.3) is 0 Å². The van der Waals surface area contributed by atoms with Crippen LogP contribution in [0.4, 0.5) is 8.78 Å². The highest BCUT2D eigenvalue weighted by atomic mass is 32.2. The topological polar surface area (TPSA) is 69.7 Å². The summed E-state index contributed by atoms with van der Waals surface area (Å²) in [5, 5.41) is 2.76. The molecule has 0 aliphatic carbocycles. The summed E-state index contributed by atoms with van der Waals surface area (Å²) in [5.41, 5.74) is 0.692. The molecule has 2 aromatic carbocycles. The summed E-state index contributed by atoms with van der Waals surface area (Å²) in [6.07, 6.45) is 0.0513. The number of piperazine rings is 1. The maximum atomic E-state index is 13.8. The SMILES string of the molecule is CC(Cc1c(F)cccc1F)NC(=O)CN1CCN(S(=O)(=O)Cc2ccccc2)CC1. The average Bonchev–Trinajstić information content (AvgIpc) is 2.71. The maximum absolute atomic E-state index is 13.8. The number of carbonyl (C=O) groups excluding carboxylic acids is 1. The van der Waals surface area contributed by atoms with E-state index in [0.29, 0.717) is 26.2 Å². The molecular weight excluding hydrogens is 424 g/mol. The van der Waals surface area contributed by atoms with Crippen molar-refractivity contribution in [2.75, 3.05) is 32.7 Å². The lowest BCUT2D eigenvalue weighted by Crippen LogP contribution is -2.52. The van der Waals surface area contributed by atoms with Gasteiger partial charge in [-0.25, -0.2) is 17.2 Å². The highest BCUT2D eigenvalue weighted by molar-refractivity contribution is 7.88. The molecule has 0 saturated carbocycles. The number of benzene rings is 2. The minimum Gasteiger partial charge on any atom is -0.352 e. The lowest BCUT2D eigenvalue weighted by atomic mass is 10.1. The Hall–Kier alpha value is -2.36. The summed E-state index contributed by atoms with van der Waals surface area (Å²) in [5.74, 6) is -1.56. The number of rotatable bonds is 8. The Bertz CT molecular complexity index is 974. The van der Waals surface area contributed by atoms with Crippen LogP contribution >= 0.6 is 0 Å². The first-order valence-corrected chi connectivity index (χ1v) is 11.8. The van der Waals surface area contributed by atoms with E-state index in [4.69, 9.17) is 0 Å². The Balaban J connectivity index is 1.45. The van der Waals surface area contributed by atoms with E-state index in [9.17, 15) is 22.0 Å². The standard InChI is InChI=1S/C22H27F2N3O3S/c1-17(14-19-20(23)8-5-9-21(19)24)25-22(28)15-26-10-12-27(13-11-26)31(29,30)16-18-6-3-2-4-7-18/h2-9,17H,10-16H2,1H3,(H,25,28). The van der Waals surface area contributed by atoms with E-state index in [1.54, 1.807) is 19.1 Å². The van der Waals surface area contributed by atoms with Crippen LogP contribution in [0, 0.1) is 11.6 Å². The summed E-state index contributed by atoms with van der Waals surface area (Å²) in [6, 6.07) is 12.3. The molecule has 9 heteroatoms. The molecule has 168 valence electrons. The third kappa shape index (κ3) is 6.56. The van der Waals surface area contributed by atoms with Gasteiger partial charge in [0.15, 0.2) is 0 Å². The summed E-state index contributed by atoms with van der Waals surface area (Å²) >= 11 is 0. The number of sulfonamides is 1. The molecule has 6 nitrogen and oxygen atoms in total. The Morgan fingerprint density at radius 3 is 2.23 bits per heavy atom. The number of carbonyl (C=O) groups is 1. The largest absolute Gasteiger partial charge is 0.352 e. The minimum atomic E-state index is -3.41. The second-order valence-corrected chi connectivity index (χ2v) is 9.76. The van der Waals surface area contributed by atoms with E-state index in [1.807, 2.05) is 23.1 Å². The van der Waals surface area contributed by atoms with E-state index in [0.717, 1.165) is 5.56 Å². The molecule has 1 aliphatic heterocycles. The zero-order valence-corrected chi connectivity index (χ0v) is 18.2. The van der Waals surface area contributed by atoms with Crippen molar-refractivity contribution in [2.45, 2.75) is 25.1 Å². The molecule has 0 radical (unpaired) electrons. The van der Waals surface area contributed by atoms with Gasteiger partial charge in [0, 0.05) is 37.8 Å². The predicted octanol–water partition coefficient (Wildman–Crippen LogP) is 2.16. The summed E-state index contributed by atoms with van der Waals surface area (Å²) in [7, 11) is -3.41. The van der Waals surface area contributed by atoms with Crippen LogP contribution in [0.5, 0.6) is 0 Å². The predicted molar refractivity (Wildman–Crippen MR) is 115 cm³/mol. The van der Waals surface area contributed by atoms with E-state index >= 15 is 0 Å². The molecule has 1 amide bonds. The van der Waals surface area contributed by atoms with Crippen LogP contribution in [-0.4, -0.2) is 62.3 Å². The smallest absolute Gasteiger partial charge is 0.234 e. The van der Waals surface area contributed by atoms with Crippen molar-refractivity contribution >= 4 is 15.9 Å². The fraction of sp³-hybridized carbons (Fsp3) is 0.409. The Morgan fingerprint density at radius 1 is 1.00 bits per heavy atom. The quantitative estimate of drug-likeness (QED) is 0.668. The van der Waals surface area contributed by atoms with Gasteiger partial charge in [-0.1, -0.05) is 36.4 Å². The zero-order valence-electron chi connectivity index (χ0n) is 17.4. The van der Waals surface area contributed by atoms with Crippen LogP contribution < -0.4 is 5.32 Å². The van der Waals surface area contributed by atoms with Gasteiger partial charge in [-0.2, -0.15) is 4.31 Å². The number of hydrogen-bond acceptors (Lipinski definition) is 4. The summed E-state index contributed by atoms with van der Waals surface area (Å²) < 4.78 is 54.3. The van der Waals surface area contributed by atoms with E-state index in [1.165, 1.54) is 22.5 Å². The third-order valence-electron chi connectivity index (χ3n) is 5.26. The van der Waals surface area contributed by atoms with Crippen molar-refractivity contribution in [2.24, 2.45) is 0 Å². The number of amides is 1. The van der Waals surface area contributed by atoms with Gasteiger partial charge in [-0.15, -0.1) is 0 Å². The normalized spacial score (nSPS) is 16.7. The monoisotopic (exact) mass is 451 g/mol. The second-order valence-electron chi connectivity index (χ2n) is 7.79. The van der Waals surface area contributed by atoms with Crippen molar-refractivity contribution in [1.82, 2.24) is 14.5 Å². The highest BCUT2D eigenvalue weighted by Crippen LogP contribution is 2.15. The fourth-order valence-electron chi connectivity index (χ4n) is 3.65. The summed E-state index contributed by atoms with van der Waals surface area (Å²) in [4.78, 5) is 14.2. The van der Waals surface area contributed by atoms with Gasteiger partial charge >= 0.3 is 0 Å². The highest BCUT2D eigenvalue weighted by Gasteiger charge is 2.28. The molecule has 1 aliphatic rings. The fourth-order valence-corrected chi connectivity index (χ4v) is 5.17. The van der Waals surface area contributed by atoms with Crippen LogP contribution in [0.1, 0.15) is 18.1 Å². The van der Waals surface area contributed by atoms with Crippen molar-refractivity contribution in [3.63, 3.8) is 0 Å². The molecule has 2 aromatic rings. The van der Waals surface area contributed by atoms with Gasteiger partial charge < -0.3 is 5.32 Å². The average molecular weight is 452 g/mol. The third-order valence-corrected chi connectivity index (χ3v) is 7.11. The first-order chi connectivity index (χ1) is 14.7. The van der Waals surface area contributed by atoms with Crippen molar-refractivity contribution in [3.8, 4) is 0 Å². The molecule has 1 fully saturated rings. The molecule has 1 heterocycles. The lowest BCUT2D eigenvalue weighted by molar-refractivity contribution is -0.123. The first kappa shape index (κ1) is 23.3. The second kappa shape index (κ2) is 10.3. The van der Waals surface area contributed by atoms with Crippen LogP contribution in [0.2, 0.25) is 0 Å². The number of nitrogens with zero attached hydrogens (tertiary/aromatic N) is 2. The lowest BCUT2D eigenvalue weighted by Gasteiger charge is -2.33. The van der Waals surface area contributed by atoms with Crippen LogP contribution in [0.15, 0.2) is 48.5 Å². The molecule has 3 rings (SSSR count). The van der Waals surface area contributed by atoms with Gasteiger partial charge in [0.05, 0.1) is 12.3 Å². The summed E-state index contributed by atoms with van der Waals surface area (Å²) in [6.45, 7) is 3.32. The van der Waals surface area contributed by atoms with Gasteiger partial charge in [-0.05, 0) is 31.0 Å².